The first-order valence-corrected chi connectivity index (χ1v) is 11.4. The Morgan fingerprint density at radius 1 is 1.25 bits per heavy atom. The van der Waals surface area contributed by atoms with E-state index < -0.39 is 0 Å². The number of hydrogen-bond acceptors (Lipinski definition) is 5. The number of rotatable bonds is 4. The van der Waals surface area contributed by atoms with Crippen molar-refractivity contribution in [3.05, 3.63) is 57.9 Å². The summed E-state index contributed by atoms with van der Waals surface area (Å²) in [7, 11) is 1.91. The van der Waals surface area contributed by atoms with E-state index >= 15 is 0 Å². The van der Waals surface area contributed by atoms with Crippen LogP contribution in [0.2, 0.25) is 0 Å². The van der Waals surface area contributed by atoms with E-state index in [1.165, 1.54) is 12.7 Å². The van der Waals surface area contributed by atoms with Gasteiger partial charge in [0, 0.05) is 19.6 Å². The number of benzene rings is 2. The van der Waals surface area contributed by atoms with Crippen molar-refractivity contribution in [1.29, 1.82) is 0 Å². The number of phenols is 1. The highest BCUT2D eigenvalue weighted by molar-refractivity contribution is 5.87. The highest BCUT2D eigenvalue weighted by Crippen LogP contribution is 2.34. The minimum atomic E-state index is -0.118. The number of aromatic hydroxyl groups is 1. The smallest absolute Gasteiger partial charge is 0.203 e. The van der Waals surface area contributed by atoms with E-state index in [9.17, 15) is 9.90 Å². The van der Waals surface area contributed by atoms with E-state index in [4.69, 9.17) is 4.42 Å². The molecule has 0 radical (unpaired) electrons. The molecular formula is C26H29N3O3. The van der Waals surface area contributed by atoms with Gasteiger partial charge in [-0.25, -0.2) is 4.98 Å². The van der Waals surface area contributed by atoms with Gasteiger partial charge < -0.3 is 14.1 Å². The first-order chi connectivity index (χ1) is 15.5. The third-order valence-corrected chi connectivity index (χ3v) is 6.92. The minimum Gasteiger partial charge on any atom is -0.507 e. The molecule has 1 aliphatic heterocycles. The first kappa shape index (κ1) is 20.8. The number of nitrogens with zero attached hydrogens (tertiary/aromatic N) is 3. The molecule has 2 aromatic heterocycles. The molecule has 0 saturated carbocycles. The summed E-state index contributed by atoms with van der Waals surface area (Å²) in [6, 6.07) is 10.0. The highest BCUT2D eigenvalue weighted by atomic mass is 16.3. The van der Waals surface area contributed by atoms with Crippen molar-refractivity contribution >= 4 is 22.0 Å². The summed E-state index contributed by atoms with van der Waals surface area (Å²) in [5, 5.41) is 11.5. The topological polar surface area (TPSA) is 71.5 Å². The zero-order valence-corrected chi connectivity index (χ0v) is 18.9. The third-order valence-electron chi connectivity index (χ3n) is 6.92. The average Bonchev–Trinajstić information content (AvgIpc) is 3.13. The summed E-state index contributed by atoms with van der Waals surface area (Å²) in [5.41, 5.74) is 4.07. The van der Waals surface area contributed by atoms with E-state index in [0.29, 0.717) is 46.9 Å². The van der Waals surface area contributed by atoms with E-state index in [2.05, 4.69) is 16.8 Å². The molecule has 2 aromatic carbocycles. The monoisotopic (exact) mass is 431 g/mol. The molecule has 5 rings (SSSR count). The number of aromatic nitrogens is 2. The maximum absolute atomic E-state index is 13.6. The highest BCUT2D eigenvalue weighted by Gasteiger charge is 2.25. The van der Waals surface area contributed by atoms with Gasteiger partial charge in [0.1, 0.15) is 29.0 Å². The van der Waals surface area contributed by atoms with Crippen molar-refractivity contribution in [2.75, 3.05) is 6.54 Å². The Labute approximate surface area is 187 Å². The molecule has 0 amide bonds. The van der Waals surface area contributed by atoms with Crippen LogP contribution in [0.1, 0.15) is 44.2 Å². The second-order valence-electron chi connectivity index (χ2n) is 8.87. The van der Waals surface area contributed by atoms with Crippen LogP contribution >= 0.6 is 0 Å². The molecule has 0 aliphatic carbocycles. The number of fused-ring (bicyclic) bond motifs is 2. The summed E-state index contributed by atoms with van der Waals surface area (Å²) in [6.45, 7) is 5.78. The zero-order chi connectivity index (χ0) is 22.4. The van der Waals surface area contributed by atoms with Crippen LogP contribution in [0.4, 0.5) is 0 Å². The van der Waals surface area contributed by atoms with Gasteiger partial charge in [-0.15, -0.1) is 0 Å². The molecule has 1 fully saturated rings. The van der Waals surface area contributed by atoms with Crippen molar-refractivity contribution in [3.63, 3.8) is 0 Å². The molecule has 0 spiro atoms. The third kappa shape index (κ3) is 3.30. The molecule has 1 atom stereocenters. The van der Waals surface area contributed by atoms with Gasteiger partial charge in [-0.3, -0.25) is 9.69 Å². The molecule has 32 heavy (non-hydrogen) atoms. The van der Waals surface area contributed by atoms with Crippen molar-refractivity contribution in [3.8, 4) is 17.1 Å². The second kappa shape index (κ2) is 8.10. The minimum absolute atomic E-state index is 0.118. The molecule has 6 heteroatoms. The second-order valence-corrected chi connectivity index (χ2v) is 8.87. The fourth-order valence-corrected chi connectivity index (χ4v) is 4.94. The summed E-state index contributed by atoms with van der Waals surface area (Å²) >= 11 is 0. The lowest BCUT2D eigenvalue weighted by Crippen LogP contribution is -2.36. The maximum Gasteiger partial charge on any atom is 0.203 e. The number of likely N-dealkylation sites (tertiary alicyclic amines) is 1. The van der Waals surface area contributed by atoms with Gasteiger partial charge in [0.15, 0.2) is 0 Å². The van der Waals surface area contributed by atoms with Crippen molar-refractivity contribution in [2.24, 2.45) is 7.05 Å². The standard InChI is InChI=1S/C26H29N3O3/c1-4-17-13-18-24(31)20(26-27-21-10-5-6-11-22(21)28(26)3)15-32-25(18)19(23(17)30)14-29-12-8-7-9-16(29)2/h5-6,10-11,13,15-16,30H,4,7-9,12,14H2,1-3H3/t16-/m1/s1. The fraction of sp³-hybridized carbons (Fsp3) is 0.385. The lowest BCUT2D eigenvalue weighted by molar-refractivity contribution is 0.151. The first-order valence-electron chi connectivity index (χ1n) is 11.4. The summed E-state index contributed by atoms with van der Waals surface area (Å²) < 4.78 is 8.00. The number of piperidine rings is 1. The van der Waals surface area contributed by atoms with Crippen molar-refractivity contribution < 1.29 is 9.52 Å². The van der Waals surface area contributed by atoms with Crippen LogP contribution in [0.15, 0.2) is 45.8 Å². The number of imidazole rings is 1. The Balaban J connectivity index is 1.69. The van der Waals surface area contributed by atoms with Crippen LogP contribution in [0.25, 0.3) is 33.4 Å². The van der Waals surface area contributed by atoms with E-state index in [1.54, 1.807) is 6.07 Å². The lowest BCUT2D eigenvalue weighted by Gasteiger charge is -2.33. The van der Waals surface area contributed by atoms with Crippen LogP contribution in [0, 0.1) is 0 Å². The maximum atomic E-state index is 13.6. The molecule has 166 valence electrons. The average molecular weight is 432 g/mol. The van der Waals surface area contributed by atoms with E-state index in [0.717, 1.165) is 36.0 Å². The molecule has 0 unspecified atom stereocenters. The Bertz CT molecular complexity index is 1370. The van der Waals surface area contributed by atoms with Gasteiger partial charge in [0.25, 0.3) is 0 Å². The van der Waals surface area contributed by atoms with Gasteiger partial charge in [0.05, 0.1) is 22.0 Å². The normalized spacial score (nSPS) is 17.4. The van der Waals surface area contributed by atoms with Crippen LogP contribution in [0.5, 0.6) is 5.75 Å². The molecule has 4 aromatic rings. The van der Waals surface area contributed by atoms with Crippen molar-refractivity contribution in [1.82, 2.24) is 14.5 Å². The quantitative estimate of drug-likeness (QED) is 0.493. The van der Waals surface area contributed by atoms with Gasteiger partial charge in [0.2, 0.25) is 5.43 Å². The van der Waals surface area contributed by atoms with Crippen LogP contribution in [-0.4, -0.2) is 32.1 Å². The Morgan fingerprint density at radius 3 is 2.81 bits per heavy atom. The molecule has 1 saturated heterocycles. The van der Waals surface area contributed by atoms with Crippen LogP contribution in [-0.2, 0) is 20.0 Å². The number of aryl methyl sites for hydroxylation is 2. The Hall–Kier alpha value is -3.12. The van der Waals surface area contributed by atoms with Crippen LogP contribution in [0.3, 0.4) is 0 Å². The largest absolute Gasteiger partial charge is 0.507 e. The molecule has 1 N–H and O–H groups in total. The molecule has 6 nitrogen and oxygen atoms in total. The summed E-state index contributed by atoms with van der Waals surface area (Å²) in [5.74, 6) is 0.829. The SMILES string of the molecule is CCc1cc2c(=O)c(-c3nc4ccccc4n3C)coc2c(CN2CCCC[C@H]2C)c1O. The van der Waals surface area contributed by atoms with Crippen molar-refractivity contribution in [2.45, 2.75) is 52.1 Å². The van der Waals surface area contributed by atoms with Gasteiger partial charge in [-0.05, 0) is 56.5 Å². The molecule has 1 aliphatic rings. The van der Waals surface area contributed by atoms with E-state index in [-0.39, 0.29) is 11.2 Å². The summed E-state index contributed by atoms with van der Waals surface area (Å²) in [6.07, 6.45) is 5.67. The fourth-order valence-electron chi connectivity index (χ4n) is 4.94. The van der Waals surface area contributed by atoms with E-state index in [1.807, 2.05) is 42.8 Å². The van der Waals surface area contributed by atoms with Crippen LogP contribution < -0.4 is 5.43 Å². The Kier molecular flexibility index (Phi) is 5.25. The Morgan fingerprint density at radius 2 is 2.06 bits per heavy atom. The predicted octanol–water partition coefficient (Wildman–Crippen LogP) is 4.99. The molecule has 0 bridgehead atoms. The number of hydrogen-bond donors (Lipinski definition) is 1. The number of phenolic OH excluding ortho intramolecular Hbond substituents is 1. The van der Waals surface area contributed by atoms with Gasteiger partial charge >= 0.3 is 0 Å². The molecular weight excluding hydrogens is 402 g/mol. The van der Waals surface area contributed by atoms with Gasteiger partial charge in [-0.2, -0.15) is 0 Å². The molecule has 3 heterocycles. The number of para-hydroxylation sites is 2. The van der Waals surface area contributed by atoms with Gasteiger partial charge in [-0.1, -0.05) is 25.5 Å². The predicted molar refractivity (Wildman–Crippen MR) is 127 cm³/mol. The zero-order valence-electron chi connectivity index (χ0n) is 18.9. The lowest BCUT2D eigenvalue weighted by atomic mass is 9.98. The summed E-state index contributed by atoms with van der Waals surface area (Å²) in [4.78, 5) is 20.7.